The van der Waals surface area contributed by atoms with Crippen molar-refractivity contribution < 1.29 is 0 Å². The maximum absolute atomic E-state index is 5.27. The first-order chi connectivity index (χ1) is 7.38. The van der Waals surface area contributed by atoms with E-state index in [2.05, 4.69) is 22.7 Å². The molecule has 0 unspecified atom stereocenters. The zero-order valence-corrected chi connectivity index (χ0v) is 8.71. The Morgan fingerprint density at radius 2 is 1.73 bits per heavy atom. The van der Waals surface area contributed by atoms with Crippen LogP contribution in [-0.2, 0) is 0 Å². The van der Waals surface area contributed by atoms with Crippen LogP contribution < -0.4 is 0 Å². The van der Waals surface area contributed by atoms with Crippen LogP contribution in [0.15, 0.2) is 36.7 Å². The summed E-state index contributed by atoms with van der Waals surface area (Å²) < 4.78 is 0. The van der Waals surface area contributed by atoms with Crippen molar-refractivity contribution in [1.82, 2.24) is 4.98 Å². The molecule has 1 nitrogen and oxygen atoms in total. The summed E-state index contributed by atoms with van der Waals surface area (Å²) in [6.45, 7) is 0. The molecule has 0 N–H and O–H groups in total. The van der Waals surface area contributed by atoms with Gasteiger partial charge in [-0.15, -0.1) is 17.8 Å². The van der Waals surface area contributed by atoms with Crippen molar-refractivity contribution in [2.75, 3.05) is 0 Å². The van der Waals surface area contributed by atoms with Crippen molar-refractivity contribution in [1.29, 1.82) is 0 Å². The molecule has 2 aromatic rings. The van der Waals surface area contributed by atoms with Gasteiger partial charge < -0.3 is 0 Å². The fraction of sp³-hybridized carbons (Fsp3) is 0. The molecule has 0 saturated heterocycles. The second-order valence-electron chi connectivity index (χ2n) is 2.79. The highest BCUT2D eigenvalue weighted by Crippen LogP contribution is 2.13. The Bertz CT molecular complexity index is 549. The lowest BCUT2D eigenvalue weighted by Crippen LogP contribution is -1.73. The average molecular weight is 209 g/mol. The van der Waals surface area contributed by atoms with E-state index in [4.69, 9.17) is 6.42 Å². The van der Waals surface area contributed by atoms with E-state index >= 15 is 0 Å². The normalized spacial score (nSPS) is 8.73. The van der Waals surface area contributed by atoms with Gasteiger partial charge in [0.2, 0.25) is 0 Å². The summed E-state index contributed by atoms with van der Waals surface area (Å²) in [6.07, 6.45) is 8.73. The van der Waals surface area contributed by atoms with Crippen LogP contribution in [-0.4, -0.2) is 4.98 Å². The van der Waals surface area contributed by atoms with E-state index in [0.717, 1.165) is 15.3 Å². The van der Waals surface area contributed by atoms with Gasteiger partial charge in [-0.3, -0.25) is 4.98 Å². The van der Waals surface area contributed by atoms with Crippen LogP contribution in [0.5, 0.6) is 0 Å². The van der Waals surface area contributed by atoms with Gasteiger partial charge in [0.05, 0.1) is 9.75 Å². The number of nitrogens with zero attached hydrogens (tertiary/aromatic N) is 1. The van der Waals surface area contributed by atoms with Crippen molar-refractivity contribution >= 4 is 11.3 Å². The summed E-state index contributed by atoms with van der Waals surface area (Å²) in [5, 5.41) is 0. The number of aromatic nitrogens is 1. The molecule has 0 aliphatic heterocycles. The molecule has 0 saturated carbocycles. The molecule has 2 heterocycles. The Hall–Kier alpha value is -2.03. The summed E-state index contributed by atoms with van der Waals surface area (Å²) in [7, 11) is 0. The molecule has 0 aliphatic rings. The Morgan fingerprint density at radius 1 is 1.00 bits per heavy atom. The van der Waals surface area contributed by atoms with Gasteiger partial charge in [0, 0.05) is 18.0 Å². The Balaban J connectivity index is 2.23. The highest BCUT2D eigenvalue weighted by molar-refractivity contribution is 7.13. The van der Waals surface area contributed by atoms with E-state index in [9.17, 15) is 0 Å². The van der Waals surface area contributed by atoms with E-state index in [1.807, 2.05) is 24.3 Å². The highest BCUT2D eigenvalue weighted by Gasteiger charge is 1.92. The third kappa shape index (κ3) is 2.47. The molecule has 0 radical (unpaired) electrons. The molecule has 0 spiro atoms. The van der Waals surface area contributed by atoms with Gasteiger partial charge in [-0.1, -0.05) is 17.8 Å². The van der Waals surface area contributed by atoms with Crippen molar-refractivity contribution in [3.05, 3.63) is 52.0 Å². The Kier molecular flexibility index (Phi) is 2.83. The van der Waals surface area contributed by atoms with Crippen LogP contribution in [0.3, 0.4) is 0 Å². The molecule has 0 aliphatic carbocycles. The lowest BCUT2D eigenvalue weighted by atomic mass is 10.3. The first-order valence-electron chi connectivity index (χ1n) is 4.37. The first kappa shape index (κ1) is 9.52. The van der Waals surface area contributed by atoms with Crippen molar-refractivity contribution in [3.8, 4) is 24.2 Å². The molecule has 0 amide bonds. The smallest absolute Gasteiger partial charge is 0.0785 e. The monoisotopic (exact) mass is 209 g/mol. The van der Waals surface area contributed by atoms with Gasteiger partial charge >= 0.3 is 0 Å². The Morgan fingerprint density at radius 3 is 2.40 bits per heavy atom. The molecular weight excluding hydrogens is 202 g/mol. The van der Waals surface area contributed by atoms with Crippen LogP contribution in [0.1, 0.15) is 15.3 Å². The summed E-state index contributed by atoms with van der Waals surface area (Å²) in [6, 6.07) is 7.60. The molecule has 0 atom stereocenters. The maximum Gasteiger partial charge on any atom is 0.0785 e. The quantitative estimate of drug-likeness (QED) is 0.607. The van der Waals surface area contributed by atoms with Crippen molar-refractivity contribution in [2.24, 2.45) is 0 Å². The standard InChI is InChI=1S/C13H7NS/c1-2-12-5-6-13(15-12)4-3-11-7-9-14-10-8-11/h1,5-10H. The summed E-state index contributed by atoms with van der Waals surface area (Å²) in [5.74, 6) is 8.70. The van der Waals surface area contributed by atoms with Gasteiger partial charge in [-0.25, -0.2) is 0 Å². The van der Waals surface area contributed by atoms with Gasteiger partial charge in [0.15, 0.2) is 0 Å². The first-order valence-corrected chi connectivity index (χ1v) is 5.18. The predicted molar refractivity (Wildman–Crippen MR) is 62.5 cm³/mol. The molecule has 0 aromatic carbocycles. The van der Waals surface area contributed by atoms with E-state index in [0.29, 0.717) is 0 Å². The van der Waals surface area contributed by atoms with Crippen LogP contribution in [0.4, 0.5) is 0 Å². The minimum absolute atomic E-state index is 0.911. The lowest BCUT2D eigenvalue weighted by Gasteiger charge is -1.84. The Labute approximate surface area is 92.8 Å². The van der Waals surface area contributed by atoms with Crippen molar-refractivity contribution in [2.45, 2.75) is 0 Å². The van der Waals surface area contributed by atoms with Crippen LogP contribution in [0.2, 0.25) is 0 Å². The fourth-order valence-corrected chi connectivity index (χ4v) is 1.72. The molecule has 0 fully saturated rings. The van der Waals surface area contributed by atoms with E-state index in [1.165, 1.54) is 11.3 Å². The summed E-state index contributed by atoms with van der Waals surface area (Å²) >= 11 is 1.53. The van der Waals surface area contributed by atoms with E-state index < -0.39 is 0 Å². The minimum atomic E-state index is 0.911. The molecule has 15 heavy (non-hydrogen) atoms. The average Bonchev–Trinajstić information content (AvgIpc) is 2.76. The second-order valence-corrected chi connectivity index (χ2v) is 3.88. The number of hydrogen-bond acceptors (Lipinski definition) is 2. The largest absolute Gasteiger partial charge is 0.265 e. The zero-order chi connectivity index (χ0) is 10.5. The molecule has 2 aromatic heterocycles. The highest BCUT2D eigenvalue weighted by atomic mass is 32.1. The molecular formula is C13H7NS. The third-order valence-corrected chi connectivity index (χ3v) is 2.69. The van der Waals surface area contributed by atoms with Crippen LogP contribution in [0.25, 0.3) is 0 Å². The van der Waals surface area contributed by atoms with Gasteiger partial charge in [0.25, 0.3) is 0 Å². The number of rotatable bonds is 0. The SMILES string of the molecule is C#Cc1ccc(C#Cc2ccncc2)s1. The van der Waals surface area contributed by atoms with Gasteiger partial charge in [0.1, 0.15) is 0 Å². The summed E-state index contributed by atoms with van der Waals surface area (Å²) in [4.78, 5) is 5.82. The molecule has 70 valence electrons. The number of terminal acetylenes is 1. The number of thiophene rings is 1. The van der Waals surface area contributed by atoms with Crippen LogP contribution in [0, 0.1) is 24.2 Å². The molecule has 2 rings (SSSR count). The summed E-state index contributed by atoms with van der Waals surface area (Å²) in [5.41, 5.74) is 0.959. The van der Waals surface area contributed by atoms with Crippen molar-refractivity contribution in [3.63, 3.8) is 0 Å². The topological polar surface area (TPSA) is 12.9 Å². The molecule has 2 heteroatoms. The minimum Gasteiger partial charge on any atom is -0.265 e. The lowest BCUT2D eigenvalue weighted by molar-refractivity contribution is 1.32. The predicted octanol–water partition coefficient (Wildman–Crippen LogP) is 2.52. The zero-order valence-electron chi connectivity index (χ0n) is 7.90. The second kappa shape index (κ2) is 4.46. The van der Waals surface area contributed by atoms with E-state index in [1.54, 1.807) is 12.4 Å². The molecule has 0 bridgehead atoms. The van der Waals surface area contributed by atoms with Gasteiger partial charge in [-0.2, -0.15) is 0 Å². The maximum atomic E-state index is 5.27. The third-order valence-electron chi connectivity index (χ3n) is 1.76. The van der Waals surface area contributed by atoms with Gasteiger partial charge in [-0.05, 0) is 24.3 Å². The number of pyridine rings is 1. The van der Waals surface area contributed by atoms with E-state index in [-0.39, 0.29) is 0 Å². The number of hydrogen-bond donors (Lipinski definition) is 0. The fourth-order valence-electron chi connectivity index (χ4n) is 1.05. The van der Waals surface area contributed by atoms with Crippen LogP contribution >= 0.6 is 11.3 Å².